The Labute approximate surface area is 140 Å². The summed E-state index contributed by atoms with van der Waals surface area (Å²) < 4.78 is 10.2. The SMILES string of the molecule is COc1ccc(CC(=O)OCC(=O)N2CCc3ccccc32)cc1. The van der Waals surface area contributed by atoms with Gasteiger partial charge in [-0.2, -0.15) is 0 Å². The van der Waals surface area contributed by atoms with Gasteiger partial charge in [0.25, 0.3) is 5.91 Å². The summed E-state index contributed by atoms with van der Waals surface area (Å²) in [6, 6.07) is 15.0. The molecule has 0 spiro atoms. The van der Waals surface area contributed by atoms with E-state index < -0.39 is 5.97 Å². The van der Waals surface area contributed by atoms with Crippen LogP contribution in [0, 0.1) is 0 Å². The molecule has 0 aliphatic carbocycles. The molecule has 0 saturated carbocycles. The van der Waals surface area contributed by atoms with Crippen molar-refractivity contribution in [3.8, 4) is 5.75 Å². The maximum absolute atomic E-state index is 12.3. The average Bonchev–Trinajstić information content (AvgIpc) is 3.04. The van der Waals surface area contributed by atoms with Crippen molar-refractivity contribution in [1.82, 2.24) is 0 Å². The van der Waals surface area contributed by atoms with Crippen LogP contribution >= 0.6 is 0 Å². The Hall–Kier alpha value is -2.82. The first-order valence-corrected chi connectivity index (χ1v) is 7.84. The fourth-order valence-corrected chi connectivity index (χ4v) is 2.78. The fourth-order valence-electron chi connectivity index (χ4n) is 2.78. The number of fused-ring (bicyclic) bond motifs is 1. The van der Waals surface area contributed by atoms with E-state index in [1.165, 1.54) is 0 Å². The number of anilines is 1. The fraction of sp³-hybridized carbons (Fsp3) is 0.263. The summed E-state index contributed by atoms with van der Waals surface area (Å²) in [5.74, 6) is 0.124. The van der Waals surface area contributed by atoms with Gasteiger partial charge < -0.3 is 14.4 Å². The minimum absolute atomic E-state index is 0.133. The van der Waals surface area contributed by atoms with Crippen LogP contribution < -0.4 is 9.64 Å². The Morgan fingerprint density at radius 2 is 1.83 bits per heavy atom. The summed E-state index contributed by atoms with van der Waals surface area (Å²) >= 11 is 0. The van der Waals surface area contributed by atoms with Crippen molar-refractivity contribution in [2.24, 2.45) is 0 Å². The van der Waals surface area contributed by atoms with E-state index in [0.29, 0.717) is 6.54 Å². The van der Waals surface area contributed by atoms with Gasteiger partial charge in [0.15, 0.2) is 6.61 Å². The molecule has 1 aliphatic rings. The molecule has 5 nitrogen and oxygen atoms in total. The molecule has 2 aromatic rings. The number of benzene rings is 2. The number of amides is 1. The van der Waals surface area contributed by atoms with Crippen LogP contribution in [0.4, 0.5) is 5.69 Å². The lowest BCUT2D eigenvalue weighted by Gasteiger charge is -2.17. The molecule has 0 aromatic heterocycles. The standard InChI is InChI=1S/C19H19NO4/c1-23-16-8-6-14(7-9-16)12-19(22)24-13-18(21)20-11-10-15-4-2-3-5-17(15)20/h2-9H,10-13H2,1H3. The van der Waals surface area contributed by atoms with E-state index in [0.717, 1.165) is 29.0 Å². The van der Waals surface area contributed by atoms with Crippen LogP contribution in [-0.2, 0) is 27.2 Å². The molecule has 0 unspecified atom stereocenters. The molecule has 0 fully saturated rings. The van der Waals surface area contributed by atoms with Crippen molar-refractivity contribution in [3.05, 3.63) is 59.7 Å². The number of nitrogens with zero attached hydrogens (tertiary/aromatic N) is 1. The van der Waals surface area contributed by atoms with Gasteiger partial charge >= 0.3 is 5.97 Å². The molecule has 0 N–H and O–H groups in total. The highest BCUT2D eigenvalue weighted by molar-refractivity contribution is 5.97. The third-order valence-corrected chi connectivity index (χ3v) is 4.05. The van der Waals surface area contributed by atoms with Crippen molar-refractivity contribution >= 4 is 17.6 Å². The molecule has 0 radical (unpaired) electrons. The molecule has 5 heteroatoms. The number of hydrogen-bond acceptors (Lipinski definition) is 4. The first-order valence-electron chi connectivity index (χ1n) is 7.84. The summed E-state index contributed by atoms with van der Waals surface area (Å²) in [6.45, 7) is 0.400. The van der Waals surface area contributed by atoms with Crippen molar-refractivity contribution in [2.75, 3.05) is 25.2 Å². The number of esters is 1. The monoisotopic (exact) mass is 325 g/mol. The minimum Gasteiger partial charge on any atom is -0.497 e. The average molecular weight is 325 g/mol. The second-order valence-electron chi connectivity index (χ2n) is 5.61. The molecule has 0 saturated heterocycles. The molecule has 1 aliphatic heterocycles. The van der Waals surface area contributed by atoms with Crippen LogP contribution in [0.15, 0.2) is 48.5 Å². The Bertz CT molecular complexity index is 739. The summed E-state index contributed by atoms with van der Waals surface area (Å²) in [6.07, 6.45) is 0.968. The van der Waals surface area contributed by atoms with E-state index >= 15 is 0 Å². The molecule has 1 amide bonds. The second-order valence-corrected chi connectivity index (χ2v) is 5.61. The lowest BCUT2D eigenvalue weighted by molar-refractivity contribution is -0.147. The van der Waals surface area contributed by atoms with Crippen LogP contribution in [0.5, 0.6) is 5.75 Å². The van der Waals surface area contributed by atoms with Gasteiger partial charge in [-0.15, -0.1) is 0 Å². The van der Waals surface area contributed by atoms with Gasteiger partial charge in [-0.05, 0) is 35.7 Å². The molecular weight excluding hydrogens is 306 g/mol. The van der Waals surface area contributed by atoms with Crippen molar-refractivity contribution in [3.63, 3.8) is 0 Å². The quantitative estimate of drug-likeness (QED) is 0.792. The molecule has 3 rings (SSSR count). The van der Waals surface area contributed by atoms with Crippen LogP contribution in [0.1, 0.15) is 11.1 Å². The summed E-state index contributed by atoms with van der Waals surface area (Å²) in [7, 11) is 1.59. The third kappa shape index (κ3) is 3.56. The minimum atomic E-state index is -0.416. The van der Waals surface area contributed by atoms with E-state index in [1.54, 1.807) is 36.3 Å². The predicted molar refractivity (Wildman–Crippen MR) is 90.2 cm³/mol. The molecule has 24 heavy (non-hydrogen) atoms. The second kappa shape index (κ2) is 7.17. The molecule has 2 aromatic carbocycles. The lowest BCUT2D eigenvalue weighted by atomic mass is 10.1. The first-order chi connectivity index (χ1) is 11.7. The van der Waals surface area contributed by atoms with E-state index in [2.05, 4.69) is 0 Å². The highest BCUT2D eigenvalue weighted by atomic mass is 16.5. The number of carbonyl (C=O) groups excluding carboxylic acids is 2. The smallest absolute Gasteiger partial charge is 0.310 e. The Morgan fingerprint density at radius 3 is 2.58 bits per heavy atom. The number of hydrogen-bond donors (Lipinski definition) is 0. The van der Waals surface area contributed by atoms with Gasteiger partial charge in [-0.3, -0.25) is 9.59 Å². The lowest BCUT2D eigenvalue weighted by Crippen LogP contribution is -2.33. The zero-order valence-corrected chi connectivity index (χ0v) is 13.5. The maximum Gasteiger partial charge on any atom is 0.310 e. The molecule has 124 valence electrons. The van der Waals surface area contributed by atoms with Crippen molar-refractivity contribution in [2.45, 2.75) is 12.8 Å². The van der Waals surface area contributed by atoms with Crippen molar-refractivity contribution in [1.29, 1.82) is 0 Å². The van der Waals surface area contributed by atoms with Gasteiger partial charge in [0.1, 0.15) is 5.75 Å². The topological polar surface area (TPSA) is 55.8 Å². The number of methoxy groups -OCH3 is 1. The summed E-state index contributed by atoms with van der Waals surface area (Å²) in [4.78, 5) is 25.9. The van der Waals surface area contributed by atoms with Gasteiger partial charge in [0, 0.05) is 12.2 Å². The molecule has 0 bridgehead atoms. The number of para-hydroxylation sites is 1. The largest absolute Gasteiger partial charge is 0.497 e. The van der Waals surface area contributed by atoms with E-state index in [4.69, 9.17) is 9.47 Å². The Balaban J connectivity index is 1.52. The zero-order chi connectivity index (χ0) is 16.9. The Morgan fingerprint density at radius 1 is 1.08 bits per heavy atom. The van der Waals surface area contributed by atoms with E-state index in [-0.39, 0.29) is 18.9 Å². The number of carbonyl (C=O) groups is 2. The van der Waals surface area contributed by atoms with E-state index in [1.807, 2.05) is 24.3 Å². The molecule has 1 heterocycles. The van der Waals surface area contributed by atoms with E-state index in [9.17, 15) is 9.59 Å². The highest BCUT2D eigenvalue weighted by Crippen LogP contribution is 2.27. The Kier molecular flexibility index (Phi) is 4.79. The van der Waals surface area contributed by atoms with Crippen LogP contribution in [0.2, 0.25) is 0 Å². The predicted octanol–water partition coefficient (Wildman–Crippen LogP) is 2.37. The third-order valence-electron chi connectivity index (χ3n) is 4.05. The first kappa shape index (κ1) is 16.1. The highest BCUT2D eigenvalue weighted by Gasteiger charge is 2.24. The molecule has 0 atom stereocenters. The van der Waals surface area contributed by atoms with Crippen LogP contribution in [0.25, 0.3) is 0 Å². The van der Waals surface area contributed by atoms with Crippen LogP contribution in [-0.4, -0.2) is 32.1 Å². The number of rotatable bonds is 5. The van der Waals surface area contributed by atoms with Gasteiger partial charge in [-0.1, -0.05) is 30.3 Å². The van der Waals surface area contributed by atoms with Gasteiger partial charge in [0.05, 0.1) is 13.5 Å². The molecular formula is C19H19NO4. The summed E-state index contributed by atoms with van der Waals surface area (Å²) in [5, 5.41) is 0. The van der Waals surface area contributed by atoms with Gasteiger partial charge in [0.2, 0.25) is 0 Å². The maximum atomic E-state index is 12.3. The van der Waals surface area contributed by atoms with Crippen LogP contribution in [0.3, 0.4) is 0 Å². The van der Waals surface area contributed by atoms with Gasteiger partial charge in [-0.25, -0.2) is 0 Å². The number of ether oxygens (including phenoxy) is 2. The zero-order valence-electron chi connectivity index (χ0n) is 13.5. The normalized spacial score (nSPS) is 12.6. The summed E-state index contributed by atoms with van der Waals surface area (Å²) in [5.41, 5.74) is 2.88. The van der Waals surface area contributed by atoms with Crippen molar-refractivity contribution < 1.29 is 19.1 Å².